The maximum absolute atomic E-state index is 12.3. The Morgan fingerprint density at radius 2 is 1.74 bits per heavy atom. The Hall–Kier alpha value is -2.09. The Morgan fingerprint density at radius 3 is 2.37 bits per heavy atom. The summed E-state index contributed by atoms with van der Waals surface area (Å²) in [6.07, 6.45) is 0.758. The highest BCUT2D eigenvalue weighted by atomic mass is 35.5. The summed E-state index contributed by atoms with van der Waals surface area (Å²) in [5.41, 5.74) is 1.37. The van der Waals surface area contributed by atoms with E-state index in [1.54, 1.807) is 0 Å². The fourth-order valence-corrected chi connectivity index (χ4v) is 3.86. The van der Waals surface area contributed by atoms with E-state index in [1.807, 2.05) is 37.4 Å². The largest absolute Gasteiger partial charge is 0.375 e. The molecule has 0 spiro atoms. The number of sulfonamides is 1. The minimum Gasteiger partial charge on any atom is -0.375 e. The molecule has 1 amide bonds. The van der Waals surface area contributed by atoms with Crippen LogP contribution in [0.15, 0.2) is 53.4 Å². The number of hydrogen-bond acceptors (Lipinski definition) is 4. The SMILES string of the molecule is CN(CCCNC(=O)c1ccc(Cl)c(S(=O)(=O)N(C)C)c1)c1ccccc1. The molecular weight excluding hydrogens is 386 g/mol. The number of benzene rings is 2. The molecule has 0 aliphatic carbocycles. The van der Waals surface area contributed by atoms with Crippen molar-refractivity contribution in [3.8, 4) is 0 Å². The van der Waals surface area contributed by atoms with E-state index in [0.717, 1.165) is 23.0 Å². The van der Waals surface area contributed by atoms with Gasteiger partial charge >= 0.3 is 0 Å². The summed E-state index contributed by atoms with van der Waals surface area (Å²) in [5.74, 6) is -0.329. The first-order valence-corrected chi connectivity index (χ1v) is 10.3. The second-order valence-corrected chi connectivity index (χ2v) is 8.83. The first-order valence-electron chi connectivity index (χ1n) is 8.50. The Kier molecular flexibility index (Phi) is 7.24. The van der Waals surface area contributed by atoms with Gasteiger partial charge in [0, 0.05) is 45.5 Å². The van der Waals surface area contributed by atoms with E-state index in [4.69, 9.17) is 11.6 Å². The predicted molar refractivity (Wildman–Crippen MR) is 109 cm³/mol. The quantitative estimate of drug-likeness (QED) is 0.680. The van der Waals surface area contributed by atoms with E-state index in [-0.39, 0.29) is 21.4 Å². The fourth-order valence-electron chi connectivity index (χ4n) is 2.47. The van der Waals surface area contributed by atoms with Gasteiger partial charge in [0.1, 0.15) is 4.90 Å². The van der Waals surface area contributed by atoms with Gasteiger partial charge in [-0.15, -0.1) is 0 Å². The number of nitrogens with zero attached hydrogens (tertiary/aromatic N) is 2. The monoisotopic (exact) mass is 409 g/mol. The molecule has 8 heteroatoms. The van der Waals surface area contributed by atoms with Crippen molar-refractivity contribution < 1.29 is 13.2 Å². The van der Waals surface area contributed by atoms with Crippen LogP contribution in [-0.2, 0) is 10.0 Å². The molecule has 2 aromatic carbocycles. The second kappa shape index (κ2) is 9.21. The van der Waals surface area contributed by atoms with Crippen molar-refractivity contribution in [2.24, 2.45) is 0 Å². The molecule has 0 saturated carbocycles. The molecule has 0 unspecified atom stereocenters. The summed E-state index contributed by atoms with van der Waals surface area (Å²) in [6.45, 7) is 1.26. The van der Waals surface area contributed by atoms with Gasteiger partial charge in [0.2, 0.25) is 10.0 Å². The maximum atomic E-state index is 12.3. The number of hydrogen-bond donors (Lipinski definition) is 1. The lowest BCUT2D eigenvalue weighted by Gasteiger charge is -2.19. The van der Waals surface area contributed by atoms with Gasteiger partial charge in [0.15, 0.2) is 0 Å². The van der Waals surface area contributed by atoms with Crippen LogP contribution in [0.3, 0.4) is 0 Å². The van der Waals surface area contributed by atoms with Crippen LogP contribution in [-0.4, -0.2) is 52.9 Å². The van der Waals surface area contributed by atoms with Crippen LogP contribution in [0.5, 0.6) is 0 Å². The van der Waals surface area contributed by atoms with E-state index in [2.05, 4.69) is 10.2 Å². The molecule has 1 N–H and O–H groups in total. The Bertz CT molecular complexity index is 886. The summed E-state index contributed by atoms with van der Waals surface area (Å²) in [6, 6.07) is 14.2. The van der Waals surface area contributed by atoms with Crippen LogP contribution in [0, 0.1) is 0 Å². The van der Waals surface area contributed by atoms with Gasteiger partial charge in [-0.1, -0.05) is 29.8 Å². The summed E-state index contributed by atoms with van der Waals surface area (Å²) < 4.78 is 25.7. The molecule has 2 aromatic rings. The third kappa shape index (κ3) is 5.45. The van der Waals surface area contributed by atoms with Crippen molar-refractivity contribution in [2.45, 2.75) is 11.3 Å². The minimum absolute atomic E-state index is 0.0781. The highest BCUT2D eigenvalue weighted by Gasteiger charge is 2.22. The predicted octanol–water partition coefficient (Wildman–Crippen LogP) is 2.85. The Labute approximate surface area is 165 Å². The van der Waals surface area contributed by atoms with Crippen LogP contribution in [0.2, 0.25) is 5.02 Å². The molecule has 6 nitrogen and oxygen atoms in total. The molecule has 0 saturated heterocycles. The van der Waals surface area contributed by atoms with E-state index in [9.17, 15) is 13.2 Å². The normalized spacial score (nSPS) is 11.4. The zero-order valence-corrected chi connectivity index (χ0v) is 17.2. The zero-order valence-electron chi connectivity index (χ0n) is 15.6. The lowest BCUT2D eigenvalue weighted by Crippen LogP contribution is -2.28. The number of anilines is 1. The van der Waals surface area contributed by atoms with Crippen LogP contribution in [0.25, 0.3) is 0 Å². The van der Waals surface area contributed by atoms with Gasteiger partial charge in [-0.2, -0.15) is 0 Å². The van der Waals surface area contributed by atoms with Crippen molar-refractivity contribution in [3.63, 3.8) is 0 Å². The number of halogens is 1. The summed E-state index contributed by atoms with van der Waals surface area (Å²) >= 11 is 6.01. The van der Waals surface area contributed by atoms with Gasteiger partial charge in [0.25, 0.3) is 5.91 Å². The van der Waals surface area contributed by atoms with Gasteiger partial charge in [-0.3, -0.25) is 4.79 Å². The topological polar surface area (TPSA) is 69.7 Å². The lowest BCUT2D eigenvalue weighted by molar-refractivity contribution is 0.0953. The van der Waals surface area contributed by atoms with E-state index in [1.165, 1.54) is 32.3 Å². The molecule has 0 atom stereocenters. The first kappa shape index (κ1) is 21.2. The molecular formula is C19H24ClN3O3S. The average molecular weight is 410 g/mol. The Balaban J connectivity index is 1.95. The van der Waals surface area contributed by atoms with E-state index < -0.39 is 10.0 Å². The van der Waals surface area contributed by atoms with E-state index in [0.29, 0.717) is 6.54 Å². The number of amides is 1. The average Bonchev–Trinajstić information content (AvgIpc) is 2.65. The molecule has 2 rings (SSSR count). The smallest absolute Gasteiger partial charge is 0.251 e. The standard InChI is InChI=1S/C19H24ClN3O3S/c1-22(2)27(25,26)18-14-15(10-11-17(18)20)19(24)21-12-7-13-23(3)16-8-5-4-6-9-16/h4-6,8-11,14H,7,12-13H2,1-3H3,(H,21,24). The van der Waals surface area contributed by atoms with Crippen molar-refractivity contribution in [1.82, 2.24) is 9.62 Å². The molecule has 27 heavy (non-hydrogen) atoms. The summed E-state index contributed by atoms with van der Waals surface area (Å²) in [5, 5.41) is 2.90. The minimum atomic E-state index is -3.72. The number of carbonyl (C=O) groups is 1. The first-order chi connectivity index (χ1) is 12.7. The van der Waals surface area contributed by atoms with Gasteiger partial charge in [0.05, 0.1) is 5.02 Å². The number of rotatable bonds is 8. The van der Waals surface area contributed by atoms with Crippen molar-refractivity contribution >= 4 is 33.2 Å². The van der Waals surface area contributed by atoms with Crippen LogP contribution in [0.4, 0.5) is 5.69 Å². The summed E-state index contributed by atoms with van der Waals surface area (Å²) in [7, 11) is 1.12. The molecule has 0 bridgehead atoms. The zero-order chi connectivity index (χ0) is 20.0. The maximum Gasteiger partial charge on any atom is 0.251 e. The highest BCUT2D eigenvalue weighted by molar-refractivity contribution is 7.89. The molecule has 0 fully saturated rings. The molecule has 146 valence electrons. The summed E-state index contributed by atoms with van der Waals surface area (Å²) in [4.78, 5) is 14.4. The molecule has 0 aromatic heterocycles. The highest BCUT2D eigenvalue weighted by Crippen LogP contribution is 2.24. The van der Waals surface area contributed by atoms with E-state index >= 15 is 0 Å². The lowest BCUT2D eigenvalue weighted by atomic mass is 10.2. The number of nitrogens with one attached hydrogen (secondary N) is 1. The van der Waals surface area contributed by atoms with Crippen molar-refractivity contribution in [3.05, 3.63) is 59.1 Å². The van der Waals surface area contributed by atoms with Crippen molar-refractivity contribution in [2.75, 3.05) is 39.1 Å². The fraction of sp³-hybridized carbons (Fsp3) is 0.316. The second-order valence-electron chi connectivity index (χ2n) is 6.30. The van der Waals surface area contributed by atoms with Gasteiger partial charge < -0.3 is 10.2 Å². The number of carbonyl (C=O) groups excluding carboxylic acids is 1. The van der Waals surface area contributed by atoms with Crippen LogP contribution in [0.1, 0.15) is 16.8 Å². The number of para-hydroxylation sites is 1. The van der Waals surface area contributed by atoms with Crippen LogP contribution >= 0.6 is 11.6 Å². The van der Waals surface area contributed by atoms with Gasteiger partial charge in [-0.05, 0) is 36.8 Å². The molecule has 0 radical (unpaired) electrons. The molecule has 0 aliphatic heterocycles. The Morgan fingerprint density at radius 1 is 1.07 bits per heavy atom. The molecule has 0 heterocycles. The third-order valence-corrected chi connectivity index (χ3v) is 6.40. The third-order valence-electron chi connectivity index (χ3n) is 4.10. The molecule has 0 aliphatic rings. The van der Waals surface area contributed by atoms with Gasteiger partial charge in [-0.25, -0.2) is 12.7 Å². The van der Waals surface area contributed by atoms with Crippen LogP contribution < -0.4 is 10.2 Å². The van der Waals surface area contributed by atoms with Crippen molar-refractivity contribution in [1.29, 1.82) is 0 Å².